The molecule has 0 atom stereocenters. The lowest BCUT2D eigenvalue weighted by atomic mass is 9.87. The average Bonchev–Trinajstić information content (AvgIpc) is 3.73. The Kier molecular flexibility index (Phi) is 9.89. The van der Waals surface area contributed by atoms with E-state index in [1.807, 2.05) is 0 Å². The van der Waals surface area contributed by atoms with Gasteiger partial charge in [0, 0.05) is 33.4 Å². The zero-order valence-electron chi connectivity index (χ0n) is 36.3. The van der Waals surface area contributed by atoms with E-state index >= 15 is 0 Å². The van der Waals surface area contributed by atoms with Crippen LogP contribution in [0.2, 0.25) is 0 Å². The summed E-state index contributed by atoms with van der Waals surface area (Å²) in [6.07, 6.45) is 0. The molecule has 0 aliphatic rings. The van der Waals surface area contributed by atoms with Gasteiger partial charge in [0.25, 0.3) is 0 Å². The Morgan fingerprint density at radius 3 is 1.55 bits per heavy atom. The van der Waals surface area contributed by atoms with Crippen LogP contribution < -0.4 is 4.90 Å². The fraction of sp³-hybridized carbons (Fsp3) is 0. The Bertz CT molecular complexity index is 3690. The van der Waals surface area contributed by atoms with Crippen LogP contribution in [0.4, 0.5) is 17.1 Å². The molecule has 0 spiro atoms. The molecule has 0 aliphatic carbocycles. The summed E-state index contributed by atoms with van der Waals surface area (Å²) >= 11 is 0. The highest BCUT2D eigenvalue weighted by molar-refractivity contribution is 6.10. The molecule has 0 unspecified atom stereocenters. The van der Waals surface area contributed by atoms with E-state index in [9.17, 15) is 0 Å². The molecule has 2 nitrogen and oxygen atoms in total. The van der Waals surface area contributed by atoms with Crippen molar-refractivity contribution in [2.45, 2.75) is 0 Å². The number of rotatable bonds is 9. The summed E-state index contributed by atoms with van der Waals surface area (Å²) in [4.78, 5) is 2.47. The van der Waals surface area contributed by atoms with E-state index in [-0.39, 0.29) is 0 Å². The molecule has 0 radical (unpaired) electrons. The number of anilines is 3. The first kappa shape index (κ1) is 38.9. The normalized spacial score (nSPS) is 11.3. The number of fused-ring (bicyclic) bond motifs is 4. The number of benzene rings is 11. The van der Waals surface area contributed by atoms with Crippen molar-refractivity contribution in [2.75, 3.05) is 4.90 Å². The molecule has 0 saturated carbocycles. The van der Waals surface area contributed by atoms with Crippen molar-refractivity contribution in [1.82, 2.24) is 4.57 Å². The lowest BCUT2D eigenvalue weighted by Crippen LogP contribution is -2.12. The van der Waals surface area contributed by atoms with Crippen molar-refractivity contribution in [3.8, 4) is 61.3 Å². The monoisotopic (exact) mass is 840 g/mol. The van der Waals surface area contributed by atoms with Gasteiger partial charge in [-0.15, -0.1) is 0 Å². The molecule has 11 aromatic carbocycles. The van der Waals surface area contributed by atoms with Gasteiger partial charge in [0.15, 0.2) is 0 Å². The first-order chi connectivity index (χ1) is 32.8. The molecule has 12 rings (SSSR count). The molecule has 0 amide bonds. The minimum atomic E-state index is 1.06. The zero-order valence-corrected chi connectivity index (χ0v) is 36.3. The predicted molar refractivity (Wildman–Crippen MR) is 280 cm³/mol. The topological polar surface area (TPSA) is 8.17 Å². The Morgan fingerprint density at radius 2 is 0.773 bits per heavy atom. The third-order valence-electron chi connectivity index (χ3n) is 13.0. The summed E-state index contributed by atoms with van der Waals surface area (Å²) in [6.45, 7) is 0. The van der Waals surface area contributed by atoms with Crippen LogP contribution in [-0.2, 0) is 0 Å². The Morgan fingerprint density at radius 1 is 0.273 bits per heavy atom. The van der Waals surface area contributed by atoms with Crippen molar-refractivity contribution < 1.29 is 0 Å². The Hall–Kier alpha value is -8.72. The molecule has 310 valence electrons. The standard InChI is InChI=1S/C64H44N2/c1-4-20-45(21-5-1)55-33-12-13-35-60(55)64-57(47-22-6-2-7-23-47)37-19-39-62(64)65(53-31-17-27-50(43-53)56-36-18-25-46-24-10-11-32-54(46)56)52-30-16-26-48(42-52)49-40-41-59-58-34-14-15-38-61(58)66(63(59)44-49)51-28-8-3-9-29-51/h1-44H. The van der Waals surface area contributed by atoms with Crippen LogP contribution in [0.15, 0.2) is 267 Å². The quantitative estimate of drug-likeness (QED) is 0.141. The van der Waals surface area contributed by atoms with Gasteiger partial charge in [-0.25, -0.2) is 0 Å². The smallest absolute Gasteiger partial charge is 0.0547 e. The van der Waals surface area contributed by atoms with Crippen molar-refractivity contribution in [3.63, 3.8) is 0 Å². The third-order valence-corrected chi connectivity index (χ3v) is 13.0. The van der Waals surface area contributed by atoms with Crippen molar-refractivity contribution >= 4 is 49.6 Å². The van der Waals surface area contributed by atoms with Gasteiger partial charge in [-0.05, 0) is 115 Å². The van der Waals surface area contributed by atoms with Crippen molar-refractivity contribution in [1.29, 1.82) is 0 Å². The first-order valence-corrected chi connectivity index (χ1v) is 22.7. The summed E-state index contributed by atoms with van der Waals surface area (Å²) in [6, 6.07) is 97.1. The second kappa shape index (κ2) is 16.8. The summed E-state index contributed by atoms with van der Waals surface area (Å²) in [7, 11) is 0. The van der Waals surface area contributed by atoms with Gasteiger partial charge in [0.2, 0.25) is 0 Å². The fourth-order valence-corrected chi connectivity index (χ4v) is 9.99. The molecule has 0 saturated heterocycles. The molecule has 1 aromatic heterocycles. The van der Waals surface area contributed by atoms with Crippen LogP contribution in [0.3, 0.4) is 0 Å². The number of para-hydroxylation sites is 2. The molecule has 12 aromatic rings. The lowest BCUT2D eigenvalue weighted by Gasteiger charge is -2.30. The predicted octanol–water partition coefficient (Wildman–Crippen LogP) is 17.7. The van der Waals surface area contributed by atoms with Gasteiger partial charge in [-0.2, -0.15) is 0 Å². The van der Waals surface area contributed by atoms with Crippen LogP contribution >= 0.6 is 0 Å². The molecule has 0 N–H and O–H groups in total. The minimum absolute atomic E-state index is 1.06. The molecule has 2 heteroatoms. The van der Waals surface area contributed by atoms with Crippen LogP contribution in [0.25, 0.3) is 93.9 Å². The van der Waals surface area contributed by atoms with E-state index in [4.69, 9.17) is 0 Å². The number of hydrogen-bond donors (Lipinski definition) is 0. The highest BCUT2D eigenvalue weighted by Gasteiger charge is 2.24. The van der Waals surface area contributed by atoms with E-state index in [1.165, 1.54) is 60.4 Å². The maximum atomic E-state index is 2.47. The Balaban J connectivity index is 1.11. The summed E-state index contributed by atoms with van der Waals surface area (Å²) < 4.78 is 2.40. The maximum Gasteiger partial charge on any atom is 0.0547 e. The van der Waals surface area contributed by atoms with Crippen LogP contribution in [0, 0.1) is 0 Å². The fourth-order valence-electron chi connectivity index (χ4n) is 9.99. The molecular weight excluding hydrogens is 797 g/mol. The van der Waals surface area contributed by atoms with E-state index < -0.39 is 0 Å². The van der Waals surface area contributed by atoms with E-state index in [2.05, 4.69) is 276 Å². The summed E-state index contributed by atoms with van der Waals surface area (Å²) in [5.41, 5.74) is 18.4. The van der Waals surface area contributed by atoms with E-state index in [1.54, 1.807) is 0 Å². The van der Waals surface area contributed by atoms with Crippen LogP contribution in [-0.4, -0.2) is 4.57 Å². The second-order valence-electron chi connectivity index (χ2n) is 16.9. The van der Waals surface area contributed by atoms with Gasteiger partial charge in [0.05, 0.1) is 16.7 Å². The molecule has 0 fully saturated rings. The lowest BCUT2D eigenvalue weighted by molar-refractivity contribution is 1.18. The number of nitrogens with zero attached hydrogens (tertiary/aromatic N) is 2. The number of aromatic nitrogens is 1. The second-order valence-corrected chi connectivity index (χ2v) is 16.9. The van der Waals surface area contributed by atoms with Gasteiger partial charge in [-0.1, -0.05) is 212 Å². The molecule has 1 heterocycles. The van der Waals surface area contributed by atoms with E-state index in [0.29, 0.717) is 0 Å². The van der Waals surface area contributed by atoms with Gasteiger partial charge < -0.3 is 9.47 Å². The Labute approximate surface area is 385 Å². The van der Waals surface area contributed by atoms with Crippen molar-refractivity contribution in [3.05, 3.63) is 267 Å². The molecule has 0 aliphatic heterocycles. The molecule has 66 heavy (non-hydrogen) atoms. The highest BCUT2D eigenvalue weighted by Crippen LogP contribution is 2.49. The largest absolute Gasteiger partial charge is 0.310 e. The minimum Gasteiger partial charge on any atom is -0.310 e. The summed E-state index contributed by atoms with van der Waals surface area (Å²) in [5, 5.41) is 4.94. The van der Waals surface area contributed by atoms with Gasteiger partial charge in [0.1, 0.15) is 0 Å². The van der Waals surface area contributed by atoms with Gasteiger partial charge >= 0.3 is 0 Å². The summed E-state index contributed by atoms with van der Waals surface area (Å²) in [5.74, 6) is 0. The van der Waals surface area contributed by atoms with Crippen LogP contribution in [0.1, 0.15) is 0 Å². The SMILES string of the molecule is c1ccc(-c2ccccc2-c2c(-c3ccccc3)cccc2N(c2cccc(-c3ccc4c5ccccc5n(-c5ccccc5)c4c3)c2)c2cccc(-c3cccc4ccccc34)c2)cc1. The van der Waals surface area contributed by atoms with Crippen molar-refractivity contribution in [2.24, 2.45) is 0 Å². The zero-order chi connectivity index (χ0) is 43.8. The van der Waals surface area contributed by atoms with Crippen LogP contribution in [0.5, 0.6) is 0 Å². The maximum absolute atomic E-state index is 2.47. The number of hydrogen-bond acceptors (Lipinski definition) is 1. The molecule has 0 bridgehead atoms. The van der Waals surface area contributed by atoms with Gasteiger partial charge in [-0.3, -0.25) is 0 Å². The molecular formula is C64H44N2. The third kappa shape index (κ3) is 6.93. The highest BCUT2D eigenvalue weighted by atomic mass is 15.1. The van der Waals surface area contributed by atoms with E-state index in [0.717, 1.165) is 50.6 Å². The average molecular weight is 841 g/mol. The first-order valence-electron chi connectivity index (χ1n) is 22.7.